The Morgan fingerprint density at radius 3 is 2.92 bits per heavy atom. The lowest BCUT2D eigenvalue weighted by atomic mass is 10.2. The molecule has 134 valence electrons. The van der Waals surface area contributed by atoms with Crippen LogP contribution in [0.1, 0.15) is 30.8 Å². The van der Waals surface area contributed by atoms with Crippen LogP contribution < -0.4 is 10.1 Å². The molecule has 1 aromatic carbocycles. The van der Waals surface area contributed by atoms with Crippen molar-refractivity contribution in [3.8, 4) is 5.75 Å². The van der Waals surface area contributed by atoms with Gasteiger partial charge in [-0.15, -0.1) is 0 Å². The van der Waals surface area contributed by atoms with Crippen LogP contribution in [0.25, 0.3) is 0 Å². The van der Waals surface area contributed by atoms with Gasteiger partial charge < -0.3 is 10.1 Å². The van der Waals surface area contributed by atoms with E-state index < -0.39 is 0 Å². The number of nitrogens with zero attached hydrogens (tertiary/aromatic N) is 3. The normalized spacial score (nSPS) is 14.2. The molecule has 0 saturated heterocycles. The Morgan fingerprint density at radius 2 is 2.20 bits per heavy atom. The molecular formula is C18H23ClN4O2. The number of halogens is 1. The van der Waals surface area contributed by atoms with E-state index in [1.807, 2.05) is 23.7 Å². The smallest absolute Gasteiger partial charge is 0.217 e. The van der Waals surface area contributed by atoms with Crippen molar-refractivity contribution in [2.24, 2.45) is 0 Å². The van der Waals surface area contributed by atoms with E-state index in [1.165, 1.54) is 18.2 Å². The summed E-state index contributed by atoms with van der Waals surface area (Å²) in [6.45, 7) is 7.98. The maximum absolute atomic E-state index is 11.0. The zero-order valence-electron chi connectivity index (χ0n) is 14.6. The molecule has 0 bridgehead atoms. The molecule has 2 aromatic rings. The van der Waals surface area contributed by atoms with Crippen molar-refractivity contribution in [3.63, 3.8) is 0 Å². The number of carbonyl (C=O) groups is 1. The summed E-state index contributed by atoms with van der Waals surface area (Å²) in [5, 5.41) is 7.99. The third-order valence-corrected chi connectivity index (χ3v) is 4.44. The highest BCUT2D eigenvalue weighted by Crippen LogP contribution is 2.26. The highest BCUT2D eigenvalue weighted by atomic mass is 35.5. The Morgan fingerprint density at radius 1 is 1.36 bits per heavy atom. The van der Waals surface area contributed by atoms with Crippen LogP contribution >= 0.6 is 11.6 Å². The van der Waals surface area contributed by atoms with Gasteiger partial charge in [0.2, 0.25) is 5.91 Å². The average molecular weight is 363 g/mol. The highest BCUT2D eigenvalue weighted by molar-refractivity contribution is 6.32. The Labute approximate surface area is 152 Å². The van der Waals surface area contributed by atoms with Gasteiger partial charge in [0.05, 0.1) is 36.1 Å². The van der Waals surface area contributed by atoms with E-state index in [9.17, 15) is 4.79 Å². The van der Waals surface area contributed by atoms with E-state index in [-0.39, 0.29) is 5.91 Å². The minimum Gasteiger partial charge on any atom is -0.492 e. The molecule has 3 rings (SSSR count). The van der Waals surface area contributed by atoms with E-state index in [0.717, 1.165) is 37.6 Å². The van der Waals surface area contributed by atoms with Crippen molar-refractivity contribution in [2.45, 2.75) is 40.0 Å². The topological polar surface area (TPSA) is 59.4 Å². The first-order chi connectivity index (χ1) is 12.0. The predicted octanol–water partition coefficient (Wildman–Crippen LogP) is 2.59. The molecule has 1 N–H and O–H groups in total. The molecule has 1 aliphatic rings. The summed E-state index contributed by atoms with van der Waals surface area (Å²) in [7, 11) is 0. The molecule has 1 amide bonds. The van der Waals surface area contributed by atoms with Crippen molar-refractivity contribution in [3.05, 3.63) is 46.2 Å². The lowest BCUT2D eigenvalue weighted by molar-refractivity contribution is -0.119. The molecule has 7 heteroatoms. The molecule has 0 spiro atoms. The zero-order chi connectivity index (χ0) is 17.8. The van der Waals surface area contributed by atoms with Gasteiger partial charge in [0.15, 0.2) is 0 Å². The van der Waals surface area contributed by atoms with Gasteiger partial charge in [-0.1, -0.05) is 17.7 Å². The largest absolute Gasteiger partial charge is 0.492 e. The number of carbonyl (C=O) groups excluding carboxylic acids is 1. The number of nitrogens with one attached hydrogen (secondary N) is 1. The summed E-state index contributed by atoms with van der Waals surface area (Å²) in [6.07, 6.45) is 0. The Bertz CT molecular complexity index is 760. The lowest BCUT2D eigenvalue weighted by Gasteiger charge is -2.27. The summed E-state index contributed by atoms with van der Waals surface area (Å²) in [6, 6.07) is 8.03. The van der Waals surface area contributed by atoms with Crippen molar-refractivity contribution in [1.82, 2.24) is 20.0 Å². The zero-order valence-corrected chi connectivity index (χ0v) is 15.3. The first-order valence-corrected chi connectivity index (χ1v) is 8.86. The molecule has 1 aliphatic heterocycles. The number of aromatic nitrogens is 2. The fraction of sp³-hybridized carbons (Fsp3) is 0.444. The second-order valence-electron chi connectivity index (χ2n) is 6.17. The molecule has 6 nitrogen and oxygen atoms in total. The molecule has 0 fully saturated rings. The van der Waals surface area contributed by atoms with Crippen molar-refractivity contribution >= 4 is 17.5 Å². The third-order valence-electron chi connectivity index (χ3n) is 4.15. The van der Waals surface area contributed by atoms with Crippen LogP contribution in [0.5, 0.6) is 5.75 Å². The summed E-state index contributed by atoms with van der Waals surface area (Å²) < 4.78 is 7.51. The summed E-state index contributed by atoms with van der Waals surface area (Å²) in [5.41, 5.74) is 3.24. The molecule has 25 heavy (non-hydrogen) atoms. The molecule has 0 radical (unpaired) electrons. The minimum atomic E-state index is -0.0417. The van der Waals surface area contributed by atoms with Crippen LogP contribution in [0.2, 0.25) is 5.02 Å². The maximum Gasteiger partial charge on any atom is 0.217 e. The van der Waals surface area contributed by atoms with Gasteiger partial charge in [-0.05, 0) is 30.7 Å². The number of fused-ring (bicyclic) bond motifs is 1. The van der Waals surface area contributed by atoms with Gasteiger partial charge >= 0.3 is 0 Å². The quantitative estimate of drug-likeness (QED) is 0.858. The SMILES string of the molecule is CCOc1ccc(CN2CCn3nc(CNC(C)=O)cc3C2)cc1Cl. The monoisotopic (exact) mass is 362 g/mol. The van der Waals surface area contributed by atoms with Crippen LogP contribution in [0.4, 0.5) is 0 Å². The van der Waals surface area contributed by atoms with E-state index in [4.69, 9.17) is 16.3 Å². The Balaban J connectivity index is 1.63. The molecule has 1 aromatic heterocycles. The van der Waals surface area contributed by atoms with Crippen LogP contribution in [-0.4, -0.2) is 33.7 Å². The summed E-state index contributed by atoms with van der Waals surface area (Å²) in [5.74, 6) is 0.687. The van der Waals surface area contributed by atoms with Crippen molar-refractivity contribution in [2.75, 3.05) is 13.2 Å². The molecule has 0 atom stereocenters. The maximum atomic E-state index is 11.0. The van der Waals surface area contributed by atoms with E-state index in [1.54, 1.807) is 0 Å². The lowest BCUT2D eigenvalue weighted by Crippen LogP contribution is -2.33. The molecule has 0 unspecified atom stereocenters. The summed E-state index contributed by atoms with van der Waals surface area (Å²) >= 11 is 6.28. The van der Waals surface area contributed by atoms with Gasteiger partial charge in [0.25, 0.3) is 0 Å². The number of amides is 1. The van der Waals surface area contributed by atoms with Crippen LogP contribution in [0, 0.1) is 0 Å². The van der Waals surface area contributed by atoms with Crippen molar-refractivity contribution in [1.29, 1.82) is 0 Å². The molecule has 0 aliphatic carbocycles. The first-order valence-electron chi connectivity index (χ1n) is 8.48. The predicted molar refractivity (Wildman–Crippen MR) is 96.5 cm³/mol. The summed E-state index contributed by atoms with van der Waals surface area (Å²) in [4.78, 5) is 13.4. The molecule has 0 saturated carbocycles. The third kappa shape index (κ3) is 4.52. The minimum absolute atomic E-state index is 0.0417. The standard InChI is InChI=1S/C18H23ClN4O2/c1-3-25-18-5-4-14(8-17(18)19)11-22-6-7-23-16(12-22)9-15(21-23)10-20-13(2)24/h4-5,8-9H,3,6-7,10-12H2,1-2H3,(H,20,24). The number of hydrogen-bond acceptors (Lipinski definition) is 4. The number of rotatable bonds is 6. The molecule has 2 heterocycles. The highest BCUT2D eigenvalue weighted by Gasteiger charge is 2.19. The first kappa shape index (κ1) is 17.8. The van der Waals surface area contributed by atoms with Gasteiger partial charge in [-0.3, -0.25) is 14.4 Å². The second-order valence-corrected chi connectivity index (χ2v) is 6.58. The second kappa shape index (κ2) is 7.89. The van der Waals surface area contributed by atoms with Crippen LogP contribution in [-0.2, 0) is 31.0 Å². The van der Waals surface area contributed by atoms with Gasteiger partial charge in [-0.2, -0.15) is 5.10 Å². The van der Waals surface area contributed by atoms with E-state index in [2.05, 4.69) is 27.4 Å². The fourth-order valence-electron chi connectivity index (χ4n) is 2.99. The Hall–Kier alpha value is -2.05. The number of benzene rings is 1. The van der Waals surface area contributed by atoms with E-state index >= 15 is 0 Å². The van der Waals surface area contributed by atoms with Crippen LogP contribution in [0.3, 0.4) is 0 Å². The van der Waals surface area contributed by atoms with Gasteiger partial charge in [0.1, 0.15) is 5.75 Å². The fourth-order valence-corrected chi connectivity index (χ4v) is 3.25. The van der Waals surface area contributed by atoms with Crippen molar-refractivity contribution < 1.29 is 9.53 Å². The average Bonchev–Trinajstić information content (AvgIpc) is 2.98. The van der Waals surface area contributed by atoms with Crippen LogP contribution in [0.15, 0.2) is 24.3 Å². The number of ether oxygens (including phenoxy) is 1. The van der Waals surface area contributed by atoms with Gasteiger partial charge in [-0.25, -0.2) is 0 Å². The van der Waals surface area contributed by atoms with Gasteiger partial charge in [0, 0.05) is 26.6 Å². The van der Waals surface area contributed by atoms with E-state index in [0.29, 0.717) is 18.2 Å². The Kier molecular flexibility index (Phi) is 5.60. The number of hydrogen-bond donors (Lipinski definition) is 1. The molecular weight excluding hydrogens is 340 g/mol.